The van der Waals surface area contributed by atoms with Gasteiger partial charge in [0.2, 0.25) is 0 Å². The molecular weight excluding hydrogens is 332 g/mol. The summed E-state index contributed by atoms with van der Waals surface area (Å²) in [7, 11) is 0. The van der Waals surface area contributed by atoms with Crippen LogP contribution < -0.4 is 5.32 Å². The van der Waals surface area contributed by atoms with Crippen LogP contribution >= 0.6 is 0 Å². The molecule has 0 bridgehead atoms. The molecule has 3 aromatic carbocycles. The van der Waals surface area contributed by atoms with E-state index in [1.807, 2.05) is 30.3 Å². The Balaban J connectivity index is 1.54. The number of hydrogen-bond acceptors (Lipinski definition) is 1. The number of para-hydroxylation sites is 1. The second-order valence-electron chi connectivity index (χ2n) is 6.94. The first-order valence-corrected chi connectivity index (χ1v) is 9.48. The molecule has 4 rings (SSSR count). The van der Waals surface area contributed by atoms with Crippen LogP contribution in [0.1, 0.15) is 28.7 Å². The molecule has 0 unspecified atom stereocenters. The lowest BCUT2D eigenvalue weighted by Gasteiger charge is -2.17. The van der Waals surface area contributed by atoms with E-state index in [9.17, 15) is 5.11 Å². The summed E-state index contributed by atoms with van der Waals surface area (Å²) >= 11 is 0. The Hall–Kier alpha value is -2.88. The fraction of sp³-hybridized carbons (Fsp3) is 0.167. The number of H-pyrrole nitrogens is 1. The molecule has 0 fully saturated rings. The standard InChI is InChI=1S/C24H24N2O/c27-24(19-11-5-2-6-12-19)17-25-15-21(18-9-3-1-4-10-18)22-16-26-23-14-8-7-13-20(22)23/h1-14,16,21,24-27H,15,17H2/p+1/t21-,24+/m0/s1. The largest absolute Gasteiger partial charge is 0.382 e. The van der Waals surface area contributed by atoms with E-state index in [-0.39, 0.29) is 5.92 Å². The van der Waals surface area contributed by atoms with Gasteiger partial charge in [-0.05, 0) is 22.8 Å². The van der Waals surface area contributed by atoms with Crippen molar-refractivity contribution in [2.45, 2.75) is 12.0 Å². The zero-order valence-corrected chi connectivity index (χ0v) is 15.3. The Labute approximate surface area is 159 Å². The minimum absolute atomic E-state index is 0.269. The molecule has 0 saturated carbocycles. The van der Waals surface area contributed by atoms with Gasteiger partial charge in [-0.2, -0.15) is 0 Å². The Morgan fingerprint density at radius 1 is 0.741 bits per heavy atom. The van der Waals surface area contributed by atoms with Gasteiger partial charge in [0.15, 0.2) is 0 Å². The summed E-state index contributed by atoms with van der Waals surface area (Å²) in [5.74, 6) is 0.269. The minimum Gasteiger partial charge on any atom is -0.382 e. The first-order valence-electron chi connectivity index (χ1n) is 9.48. The summed E-state index contributed by atoms with van der Waals surface area (Å²) in [6.07, 6.45) is 1.68. The van der Waals surface area contributed by atoms with Crippen molar-refractivity contribution in [1.29, 1.82) is 0 Å². The molecule has 3 nitrogen and oxygen atoms in total. The van der Waals surface area contributed by atoms with Crippen LogP contribution in [0.4, 0.5) is 0 Å². The molecule has 0 aliphatic carbocycles. The highest BCUT2D eigenvalue weighted by atomic mass is 16.3. The van der Waals surface area contributed by atoms with E-state index in [2.05, 4.69) is 71.1 Å². The number of benzene rings is 3. The van der Waals surface area contributed by atoms with Gasteiger partial charge in [-0.3, -0.25) is 0 Å². The van der Waals surface area contributed by atoms with Crippen molar-refractivity contribution < 1.29 is 10.4 Å². The first-order chi connectivity index (χ1) is 13.3. The third kappa shape index (κ3) is 3.95. The predicted octanol–water partition coefficient (Wildman–Crippen LogP) is 3.60. The Kier molecular flexibility index (Phi) is 5.33. The number of aromatic amines is 1. The van der Waals surface area contributed by atoms with E-state index >= 15 is 0 Å². The third-order valence-electron chi connectivity index (χ3n) is 5.18. The van der Waals surface area contributed by atoms with Crippen molar-refractivity contribution in [2.75, 3.05) is 13.1 Å². The second-order valence-corrected chi connectivity index (χ2v) is 6.94. The van der Waals surface area contributed by atoms with Gasteiger partial charge in [0, 0.05) is 17.1 Å². The molecule has 0 aliphatic rings. The van der Waals surface area contributed by atoms with Crippen LogP contribution in [0.15, 0.2) is 91.1 Å². The summed E-state index contributed by atoms with van der Waals surface area (Å²) in [4.78, 5) is 3.40. The highest BCUT2D eigenvalue weighted by Gasteiger charge is 2.20. The van der Waals surface area contributed by atoms with Crippen molar-refractivity contribution >= 4 is 10.9 Å². The van der Waals surface area contributed by atoms with Crippen molar-refractivity contribution in [3.63, 3.8) is 0 Å². The van der Waals surface area contributed by atoms with E-state index in [1.54, 1.807) is 0 Å². The van der Waals surface area contributed by atoms with E-state index in [4.69, 9.17) is 0 Å². The zero-order chi connectivity index (χ0) is 18.5. The number of aliphatic hydroxyl groups is 1. The number of aliphatic hydroxyl groups excluding tert-OH is 1. The number of aromatic nitrogens is 1. The van der Waals surface area contributed by atoms with Crippen LogP contribution in [0.5, 0.6) is 0 Å². The van der Waals surface area contributed by atoms with Gasteiger partial charge in [0.1, 0.15) is 12.6 Å². The molecule has 1 heterocycles. The van der Waals surface area contributed by atoms with E-state index in [0.717, 1.165) is 17.6 Å². The SMILES string of the molecule is O[C@H](C[NH2+]C[C@@H](c1ccccc1)c1c[nH]c2ccccc12)c1ccccc1. The molecule has 2 atom stereocenters. The number of nitrogens with two attached hydrogens (primary N) is 1. The maximum absolute atomic E-state index is 10.5. The van der Waals surface area contributed by atoms with E-state index in [0.29, 0.717) is 6.54 Å². The van der Waals surface area contributed by atoms with Gasteiger partial charge < -0.3 is 15.4 Å². The molecule has 0 spiro atoms. The number of hydrogen-bond donors (Lipinski definition) is 3. The molecule has 4 aromatic rings. The van der Waals surface area contributed by atoms with Crippen molar-refractivity contribution in [3.05, 3.63) is 108 Å². The molecule has 27 heavy (non-hydrogen) atoms. The number of fused-ring (bicyclic) bond motifs is 1. The molecule has 3 heteroatoms. The van der Waals surface area contributed by atoms with Crippen molar-refractivity contribution in [2.24, 2.45) is 0 Å². The minimum atomic E-state index is -0.453. The van der Waals surface area contributed by atoms with Crippen LogP contribution in [0, 0.1) is 0 Å². The van der Waals surface area contributed by atoms with Crippen LogP contribution in [0.25, 0.3) is 10.9 Å². The molecule has 0 aliphatic heterocycles. The monoisotopic (exact) mass is 357 g/mol. The fourth-order valence-electron chi connectivity index (χ4n) is 3.74. The van der Waals surface area contributed by atoms with Crippen LogP contribution in [0.3, 0.4) is 0 Å². The molecule has 1 aromatic heterocycles. The lowest BCUT2D eigenvalue weighted by atomic mass is 9.91. The normalized spacial score (nSPS) is 13.5. The molecule has 0 radical (unpaired) electrons. The quantitative estimate of drug-likeness (QED) is 0.465. The van der Waals surface area contributed by atoms with Crippen molar-refractivity contribution in [1.82, 2.24) is 4.98 Å². The van der Waals surface area contributed by atoms with Gasteiger partial charge >= 0.3 is 0 Å². The van der Waals surface area contributed by atoms with Gasteiger partial charge in [-0.1, -0.05) is 78.9 Å². The third-order valence-corrected chi connectivity index (χ3v) is 5.18. The average Bonchev–Trinajstić information content (AvgIpc) is 3.16. The van der Waals surface area contributed by atoms with Gasteiger partial charge in [-0.15, -0.1) is 0 Å². The number of rotatable bonds is 7. The second kappa shape index (κ2) is 8.21. The predicted molar refractivity (Wildman–Crippen MR) is 110 cm³/mol. The molecule has 136 valence electrons. The summed E-state index contributed by atoms with van der Waals surface area (Å²) in [6.45, 7) is 1.53. The summed E-state index contributed by atoms with van der Waals surface area (Å²) in [5.41, 5.74) is 4.74. The maximum atomic E-state index is 10.5. The first kappa shape index (κ1) is 17.5. The summed E-state index contributed by atoms with van der Waals surface area (Å²) < 4.78 is 0. The van der Waals surface area contributed by atoms with Crippen LogP contribution in [0.2, 0.25) is 0 Å². The number of nitrogens with one attached hydrogen (secondary N) is 1. The Morgan fingerprint density at radius 3 is 2.11 bits per heavy atom. The van der Waals surface area contributed by atoms with Crippen molar-refractivity contribution in [3.8, 4) is 0 Å². The molecule has 0 amide bonds. The molecule has 4 N–H and O–H groups in total. The Morgan fingerprint density at radius 2 is 1.37 bits per heavy atom. The highest BCUT2D eigenvalue weighted by Crippen LogP contribution is 2.29. The molecular formula is C24H25N2O+. The van der Waals surface area contributed by atoms with Crippen LogP contribution in [-0.2, 0) is 0 Å². The maximum Gasteiger partial charge on any atom is 0.128 e. The number of quaternary nitrogens is 1. The highest BCUT2D eigenvalue weighted by molar-refractivity contribution is 5.84. The van der Waals surface area contributed by atoms with Crippen LogP contribution in [-0.4, -0.2) is 23.2 Å². The molecule has 0 saturated heterocycles. The average molecular weight is 357 g/mol. The lowest BCUT2D eigenvalue weighted by molar-refractivity contribution is -0.663. The zero-order valence-electron chi connectivity index (χ0n) is 15.3. The van der Waals surface area contributed by atoms with Gasteiger partial charge in [0.05, 0.1) is 12.5 Å². The van der Waals surface area contributed by atoms with Gasteiger partial charge in [0.25, 0.3) is 0 Å². The smallest absolute Gasteiger partial charge is 0.128 e. The van der Waals surface area contributed by atoms with E-state index in [1.165, 1.54) is 16.5 Å². The lowest BCUT2D eigenvalue weighted by Crippen LogP contribution is -2.86. The summed E-state index contributed by atoms with van der Waals surface area (Å²) in [6, 6.07) is 28.9. The van der Waals surface area contributed by atoms with E-state index < -0.39 is 6.10 Å². The topological polar surface area (TPSA) is 52.6 Å². The Bertz CT molecular complexity index is 979. The fourth-order valence-corrected chi connectivity index (χ4v) is 3.74. The summed E-state index contributed by atoms with van der Waals surface area (Å²) in [5, 5.41) is 14.0. The van der Waals surface area contributed by atoms with Gasteiger partial charge in [-0.25, -0.2) is 0 Å².